The van der Waals surface area contributed by atoms with Crippen molar-refractivity contribution in [2.75, 3.05) is 20.7 Å². The summed E-state index contributed by atoms with van der Waals surface area (Å²) in [6, 6.07) is 4.90. The van der Waals surface area contributed by atoms with Crippen LogP contribution in [0.1, 0.15) is 25.0 Å². The standard InChI is InChI=1S/C14H23FN2O/c1-14(2,17(3)4)10-18-9-12-7-11(8-16)5-6-13(12)15/h5-7H,8-10,16H2,1-4H3. The highest BCUT2D eigenvalue weighted by Crippen LogP contribution is 2.15. The highest BCUT2D eigenvalue weighted by Gasteiger charge is 2.20. The van der Waals surface area contributed by atoms with Crippen molar-refractivity contribution < 1.29 is 9.13 Å². The highest BCUT2D eigenvalue weighted by atomic mass is 19.1. The molecule has 0 radical (unpaired) electrons. The molecule has 18 heavy (non-hydrogen) atoms. The molecule has 1 aromatic rings. The molecule has 0 aliphatic carbocycles. The summed E-state index contributed by atoms with van der Waals surface area (Å²) >= 11 is 0. The molecular weight excluding hydrogens is 231 g/mol. The van der Waals surface area contributed by atoms with Crippen molar-refractivity contribution >= 4 is 0 Å². The van der Waals surface area contributed by atoms with Crippen LogP contribution < -0.4 is 5.73 Å². The van der Waals surface area contributed by atoms with Crippen LogP contribution in [0.3, 0.4) is 0 Å². The molecule has 0 spiro atoms. The Labute approximate surface area is 109 Å². The van der Waals surface area contributed by atoms with Crippen LogP contribution in [0.5, 0.6) is 0 Å². The molecular formula is C14H23FN2O. The molecule has 1 rings (SSSR count). The number of rotatable bonds is 6. The number of hydrogen-bond acceptors (Lipinski definition) is 3. The average molecular weight is 254 g/mol. The summed E-state index contributed by atoms with van der Waals surface area (Å²) < 4.78 is 19.2. The van der Waals surface area contributed by atoms with E-state index in [4.69, 9.17) is 10.5 Å². The first-order valence-electron chi connectivity index (χ1n) is 6.09. The van der Waals surface area contributed by atoms with E-state index in [2.05, 4.69) is 18.7 Å². The molecule has 0 atom stereocenters. The van der Waals surface area contributed by atoms with Crippen LogP contribution in [-0.4, -0.2) is 31.1 Å². The van der Waals surface area contributed by atoms with Gasteiger partial charge in [-0.3, -0.25) is 0 Å². The normalized spacial score (nSPS) is 12.2. The first kappa shape index (κ1) is 15.1. The minimum Gasteiger partial charge on any atom is -0.375 e. The number of halogens is 1. The lowest BCUT2D eigenvalue weighted by atomic mass is 10.1. The number of ether oxygens (including phenoxy) is 1. The summed E-state index contributed by atoms with van der Waals surface area (Å²) in [5, 5.41) is 0. The predicted octanol–water partition coefficient (Wildman–Crippen LogP) is 2.14. The Bertz CT molecular complexity index is 391. The smallest absolute Gasteiger partial charge is 0.128 e. The fourth-order valence-electron chi connectivity index (χ4n) is 1.41. The van der Waals surface area contributed by atoms with Gasteiger partial charge in [0.05, 0.1) is 13.2 Å². The van der Waals surface area contributed by atoms with Gasteiger partial charge in [0.15, 0.2) is 0 Å². The van der Waals surface area contributed by atoms with E-state index >= 15 is 0 Å². The van der Waals surface area contributed by atoms with Gasteiger partial charge in [0.1, 0.15) is 5.82 Å². The molecule has 0 unspecified atom stereocenters. The Morgan fingerprint density at radius 2 is 2.00 bits per heavy atom. The predicted molar refractivity (Wildman–Crippen MR) is 71.7 cm³/mol. The van der Waals surface area contributed by atoms with Gasteiger partial charge in [-0.05, 0) is 45.6 Å². The van der Waals surface area contributed by atoms with Gasteiger partial charge >= 0.3 is 0 Å². The summed E-state index contributed by atoms with van der Waals surface area (Å²) in [5.74, 6) is -0.241. The van der Waals surface area contributed by atoms with Gasteiger partial charge < -0.3 is 15.4 Å². The average Bonchev–Trinajstić information content (AvgIpc) is 2.31. The van der Waals surface area contributed by atoms with Crippen molar-refractivity contribution in [3.63, 3.8) is 0 Å². The first-order valence-corrected chi connectivity index (χ1v) is 6.09. The third kappa shape index (κ3) is 4.05. The van der Waals surface area contributed by atoms with E-state index < -0.39 is 0 Å². The van der Waals surface area contributed by atoms with Crippen LogP contribution in [0.15, 0.2) is 18.2 Å². The van der Waals surface area contributed by atoms with E-state index in [0.717, 1.165) is 5.56 Å². The fraction of sp³-hybridized carbons (Fsp3) is 0.571. The molecule has 0 amide bonds. The lowest BCUT2D eigenvalue weighted by Gasteiger charge is -2.32. The van der Waals surface area contributed by atoms with Crippen molar-refractivity contribution in [2.24, 2.45) is 5.73 Å². The second-order valence-electron chi connectivity index (χ2n) is 5.33. The van der Waals surface area contributed by atoms with Gasteiger partial charge in [-0.1, -0.05) is 6.07 Å². The lowest BCUT2D eigenvalue weighted by Crippen LogP contribution is -2.42. The SMILES string of the molecule is CN(C)C(C)(C)COCc1cc(CN)ccc1F. The zero-order valence-electron chi connectivity index (χ0n) is 11.7. The fourth-order valence-corrected chi connectivity index (χ4v) is 1.41. The molecule has 3 nitrogen and oxygen atoms in total. The summed E-state index contributed by atoms with van der Waals surface area (Å²) in [5.41, 5.74) is 6.95. The number of nitrogens with zero attached hydrogens (tertiary/aromatic N) is 1. The topological polar surface area (TPSA) is 38.5 Å². The van der Waals surface area contributed by atoms with E-state index in [1.807, 2.05) is 14.1 Å². The highest BCUT2D eigenvalue weighted by molar-refractivity contribution is 5.24. The Balaban J connectivity index is 2.58. The Morgan fingerprint density at radius 3 is 2.56 bits per heavy atom. The molecule has 0 fully saturated rings. The van der Waals surface area contributed by atoms with Crippen LogP contribution in [0.2, 0.25) is 0 Å². The Morgan fingerprint density at radius 1 is 1.33 bits per heavy atom. The summed E-state index contributed by atoms with van der Waals surface area (Å²) in [6.45, 7) is 5.40. The van der Waals surface area contributed by atoms with Crippen LogP contribution in [0.4, 0.5) is 4.39 Å². The van der Waals surface area contributed by atoms with E-state index in [9.17, 15) is 4.39 Å². The number of nitrogens with two attached hydrogens (primary N) is 1. The molecule has 0 bridgehead atoms. The monoisotopic (exact) mass is 254 g/mol. The molecule has 4 heteroatoms. The number of hydrogen-bond donors (Lipinski definition) is 1. The van der Waals surface area contributed by atoms with Gasteiger partial charge in [0.25, 0.3) is 0 Å². The maximum Gasteiger partial charge on any atom is 0.128 e. The van der Waals surface area contributed by atoms with Gasteiger partial charge in [-0.2, -0.15) is 0 Å². The van der Waals surface area contributed by atoms with Crippen LogP contribution in [-0.2, 0) is 17.9 Å². The third-order valence-corrected chi connectivity index (χ3v) is 3.27. The molecule has 0 saturated carbocycles. The van der Waals surface area contributed by atoms with E-state index in [1.54, 1.807) is 12.1 Å². The molecule has 0 aliphatic heterocycles. The van der Waals surface area contributed by atoms with Crippen LogP contribution >= 0.6 is 0 Å². The number of likely N-dealkylation sites (N-methyl/N-ethyl adjacent to an activating group) is 1. The van der Waals surface area contributed by atoms with Gasteiger partial charge in [0, 0.05) is 17.6 Å². The summed E-state index contributed by atoms with van der Waals surface area (Å²) in [6.07, 6.45) is 0. The Hall–Kier alpha value is -0.970. The minimum atomic E-state index is -0.241. The largest absolute Gasteiger partial charge is 0.375 e. The summed E-state index contributed by atoms with van der Waals surface area (Å²) in [4.78, 5) is 2.08. The second kappa shape index (κ2) is 6.27. The van der Waals surface area contributed by atoms with Gasteiger partial charge in [-0.25, -0.2) is 4.39 Å². The maximum absolute atomic E-state index is 13.6. The van der Waals surface area contributed by atoms with Crippen molar-refractivity contribution in [1.29, 1.82) is 0 Å². The van der Waals surface area contributed by atoms with Gasteiger partial charge in [0.2, 0.25) is 0 Å². The molecule has 2 N–H and O–H groups in total. The number of benzene rings is 1. The first-order chi connectivity index (χ1) is 8.36. The zero-order chi connectivity index (χ0) is 13.8. The quantitative estimate of drug-likeness (QED) is 0.845. The molecule has 0 aromatic heterocycles. The maximum atomic E-state index is 13.6. The minimum absolute atomic E-state index is 0.0675. The van der Waals surface area contributed by atoms with E-state index in [1.165, 1.54) is 6.07 Å². The van der Waals surface area contributed by atoms with Crippen molar-refractivity contribution in [2.45, 2.75) is 32.5 Å². The molecule has 1 aromatic carbocycles. The van der Waals surface area contributed by atoms with Crippen molar-refractivity contribution in [3.05, 3.63) is 35.1 Å². The van der Waals surface area contributed by atoms with Gasteiger partial charge in [-0.15, -0.1) is 0 Å². The molecule has 0 saturated heterocycles. The third-order valence-electron chi connectivity index (χ3n) is 3.27. The molecule has 0 heterocycles. The molecule has 102 valence electrons. The van der Waals surface area contributed by atoms with Crippen LogP contribution in [0, 0.1) is 5.82 Å². The van der Waals surface area contributed by atoms with Crippen molar-refractivity contribution in [3.8, 4) is 0 Å². The van der Waals surface area contributed by atoms with Crippen LogP contribution in [0.25, 0.3) is 0 Å². The zero-order valence-corrected chi connectivity index (χ0v) is 11.7. The van der Waals surface area contributed by atoms with Crippen molar-refractivity contribution in [1.82, 2.24) is 4.90 Å². The Kier molecular flexibility index (Phi) is 5.26. The van der Waals surface area contributed by atoms with E-state index in [0.29, 0.717) is 18.7 Å². The lowest BCUT2D eigenvalue weighted by molar-refractivity contribution is 0.0264. The second-order valence-corrected chi connectivity index (χ2v) is 5.33. The summed E-state index contributed by atoms with van der Waals surface area (Å²) in [7, 11) is 4.00. The van der Waals surface area contributed by atoms with E-state index in [-0.39, 0.29) is 18.0 Å². The molecule has 0 aliphatic rings.